The van der Waals surface area contributed by atoms with Crippen LogP contribution in [-0.4, -0.2) is 15.0 Å². The minimum Gasteiger partial charge on any atom is -0.324 e. The molecule has 3 N–H and O–H groups in total. The van der Waals surface area contributed by atoms with Gasteiger partial charge in [-0.05, 0) is 73.9 Å². The molecule has 6 heteroatoms. The molecule has 0 aliphatic carbocycles. The molecule has 0 unspecified atom stereocenters. The number of hydrogen-bond donors (Lipinski definition) is 3. The summed E-state index contributed by atoms with van der Waals surface area (Å²) in [7, 11) is 0. The third-order valence-corrected chi connectivity index (χ3v) is 5.54. The molecule has 0 aliphatic rings. The summed E-state index contributed by atoms with van der Waals surface area (Å²) in [6.45, 7) is 17.9. The van der Waals surface area contributed by atoms with E-state index in [1.165, 1.54) is 0 Å². The first kappa shape index (κ1) is 24.4. The monoisotopic (exact) mass is 474 g/mol. The van der Waals surface area contributed by atoms with Crippen molar-refractivity contribution in [2.75, 3.05) is 16.0 Å². The molecule has 1 heterocycles. The Labute approximate surface area is 212 Å². The van der Waals surface area contributed by atoms with Crippen molar-refractivity contribution in [3.63, 3.8) is 0 Å². The molecule has 0 aliphatic heterocycles. The van der Waals surface area contributed by atoms with E-state index < -0.39 is 0 Å². The molecule has 36 heavy (non-hydrogen) atoms. The maximum absolute atomic E-state index is 4.59. The van der Waals surface area contributed by atoms with Crippen LogP contribution >= 0.6 is 0 Å². The van der Waals surface area contributed by atoms with E-state index in [1.807, 2.05) is 93.6 Å². The van der Waals surface area contributed by atoms with Crippen LogP contribution in [0.15, 0.2) is 92.5 Å². The first-order chi connectivity index (χ1) is 17.3. The van der Waals surface area contributed by atoms with Crippen molar-refractivity contribution in [1.29, 1.82) is 0 Å². The molecule has 0 spiro atoms. The minimum absolute atomic E-state index is 0.412. The maximum atomic E-state index is 4.59. The molecule has 1 aromatic heterocycles. The van der Waals surface area contributed by atoms with Crippen LogP contribution in [0, 0.1) is 0 Å². The second kappa shape index (κ2) is 10.7. The van der Waals surface area contributed by atoms with E-state index in [-0.39, 0.29) is 0 Å². The van der Waals surface area contributed by atoms with E-state index in [9.17, 15) is 0 Å². The van der Waals surface area contributed by atoms with Crippen LogP contribution in [0.3, 0.4) is 0 Å². The van der Waals surface area contributed by atoms with Crippen molar-refractivity contribution in [2.24, 2.45) is 0 Å². The lowest BCUT2D eigenvalue weighted by Gasteiger charge is -2.12. The smallest absolute Gasteiger partial charge is 0.233 e. The number of rotatable bonds is 9. The zero-order valence-electron chi connectivity index (χ0n) is 20.9. The van der Waals surface area contributed by atoms with E-state index in [1.54, 1.807) is 0 Å². The fraction of sp³-hybridized carbons (Fsp3) is 0.100. The van der Waals surface area contributed by atoms with Crippen LogP contribution < -0.4 is 16.0 Å². The van der Waals surface area contributed by atoms with Crippen LogP contribution in [-0.2, 0) is 0 Å². The van der Waals surface area contributed by atoms with Gasteiger partial charge < -0.3 is 16.0 Å². The molecule has 3 aromatic carbocycles. The number of allylic oxidation sites excluding steroid dienone is 3. The Morgan fingerprint density at radius 1 is 0.444 bits per heavy atom. The van der Waals surface area contributed by atoms with Crippen LogP contribution in [0.5, 0.6) is 0 Å². The number of aromatic nitrogens is 3. The van der Waals surface area contributed by atoms with E-state index in [0.717, 1.165) is 50.5 Å². The molecule has 0 saturated heterocycles. The highest BCUT2D eigenvalue weighted by atomic mass is 15.3. The van der Waals surface area contributed by atoms with Gasteiger partial charge in [-0.3, -0.25) is 0 Å². The predicted octanol–water partition coefficient (Wildman–Crippen LogP) is 8.20. The van der Waals surface area contributed by atoms with Gasteiger partial charge in [-0.1, -0.05) is 72.9 Å². The van der Waals surface area contributed by atoms with Crippen molar-refractivity contribution in [3.8, 4) is 0 Å². The fourth-order valence-electron chi connectivity index (χ4n) is 3.45. The molecular formula is C30H30N6. The molecule has 0 radical (unpaired) electrons. The molecule has 180 valence electrons. The normalized spacial score (nSPS) is 10.4. The highest BCUT2D eigenvalue weighted by Crippen LogP contribution is 2.24. The molecule has 0 bridgehead atoms. The molecular weight excluding hydrogens is 444 g/mol. The molecule has 0 atom stereocenters. The van der Waals surface area contributed by atoms with Gasteiger partial charge >= 0.3 is 0 Å². The lowest BCUT2D eigenvalue weighted by Crippen LogP contribution is -2.07. The van der Waals surface area contributed by atoms with Gasteiger partial charge in [0.2, 0.25) is 17.8 Å². The SMILES string of the molecule is C=C(C)c1ccc(Nc2nc(Nc3ccc(C(=C)C)cc3)nc(Nc3ccc(C(=C)C)cc3)n2)cc1. The second-order valence-corrected chi connectivity index (χ2v) is 8.75. The topological polar surface area (TPSA) is 74.8 Å². The van der Waals surface area contributed by atoms with Crippen molar-refractivity contribution in [1.82, 2.24) is 15.0 Å². The quantitative estimate of drug-likeness (QED) is 0.227. The first-order valence-corrected chi connectivity index (χ1v) is 11.6. The lowest BCUT2D eigenvalue weighted by molar-refractivity contribution is 1.06. The molecule has 6 nitrogen and oxygen atoms in total. The van der Waals surface area contributed by atoms with Gasteiger partial charge in [-0.25, -0.2) is 0 Å². The second-order valence-electron chi connectivity index (χ2n) is 8.75. The number of nitrogens with one attached hydrogen (secondary N) is 3. The van der Waals surface area contributed by atoms with Crippen LogP contribution in [0.2, 0.25) is 0 Å². The number of nitrogens with zero attached hydrogens (tertiary/aromatic N) is 3. The van der Waals surface area contributed by atoms with Gasteiger partial charge in [0, 0.05) is 17.1 Å². The average Bonchev–Trinajstić information content (AvgIpc) is 2.85. The summed E-state index contributed by atoms with van der Waals surface area (Å²) in [6, 6.07) is 23.9. The molecule has 0 fully saturated rings. The molecule has 4 rings (SSSR count). The molecule has 0 saturated carbocycles. The summed E-state index contributed by atoms with van der Waals surface area (Å²) in [5, 5.41) is 9.83. The van der Waals surface area contributed by atoms with E-state index in [0.29, 0.717) is 17.8 Å². The summed E-state index contributed by atoms with van der Waals surface area (Å²) in [5.41, 5.74) is 8.85. The van der Waals surface area contributed by atoms with Crippen molar-refractivity contribution in [2.45, 2.75) is 20.8 Å². The summed E-state index contributed by atoms with van der Waals surface area (Å²) >= 11 is 0. The van der Waals surface area contributed by atoms with Crippen molar-refractivity contribution < 1.29 is 0 Å². The van der Waals surface area contributed by atoms with E-state index >= 15 is 0 Å². The van der Waals surface area contributed by atoms with Crippen molar-refractivity contribution in [3.05, 3.63) is 109 Å². The minimum atomic E-state index is 0.412. The Balaban J connectivity index is 1.62. The Hall–Kier alpha value is -4.71. The Kier molecular flexibility index (Phi) is 7.25. The van der Waals surface area contributed by atoms with E-state index in [4.69, 9.17) is 0 Å². The zero-order chi connectivity index (χ0) is 25.7. The largest absolute Gasteiger partial charge is 0.324 e. The number of hydrogen-bond acceptors (Lipinski definition) is 6. The summed E-state index contributed by atoms with van der Waals surface area (Å²) in [4.78, 5) is 13.8. The third kappa shape index (κ3) is 6.24. The van der Waals surface area contributed by atoms with E-state index in [2.05, 4.69) is 50.6 Å². The Bertz CT molecular complexity index is 1210. The molecule has 4 aromatic rings. The predicted molar refractivity (Wildman–Crippen MR) is 153 cm³/mol. The van der Waals surface area contributed by atoms with Crippen LogP contribution in [0.1, 0.15) is 37.5 Å². The molecule has 0 amide bonds. The van der Waals surface area contributed by atoms with Gasteiger partial charge in [-0.2, -0.15) is 15.0 Å². The Morgan fingerprint density at radius 2 is 0.667 bits per heavy atom. The average molecular weight is 475 g/mol. The first-order valence-electron chi connectivity index (χ1n) is 11.6. The standard InChI is InChI=1S/C30H30N6/c1-19(2)22-7-13-25(14-8-22)31-28-34-29(32-26-15-9-23(10-16-26)20(3)4)36-30(35-28)33-27-17-11-24(12-18-27)21(5)6/h7-18H,1,3,5H2,2,4,6H3,(H3,31,32,33,34,35,36). The van der Waals surface area contributed by atoms with Gasteiger partial charge in [0.15, 0.2) is 0 Å². The summed E-state index contributed by atoms with van der Waals surface area (Å²) in [6.07, 6.45) is 0. The third-order valence-electron chi connectivity index (χ3n) is 5.54. The summed E-state index contributed by atoms with van der Waals surface area (Å²) < 4.78 is 0. The maximum Gasteiger partial charge on any atom is 0.233 e. The van der Waals surface area contributed by atoms with Gasteiger partial charge in [0.25, 0.3) is 0 Å². The van der Waals surface area contributed by atoms with Crippen molar-refractivity contribution >= 4 is 51.6 Å². The number of anilines is 6. The van der Waals surface area contributed by atoms with Crippen LogP contribution in [0.25, 0.3) is 16.7 Å². The summed E-state index contributed by atoms with van der Waals surface area (Å²) in [5.74, 6) is 1.24. The number of benzene rings is 3. The lowest BCUT2D eigenvalue weighted by atomic mass is 10.1. The zero-order valence-corrected chi connectivity index (χ0v) is 20.9. The van der Waals surface area contributed by atoms with Gasteiger partial charge in [0.1, 0.15) is 0 Å². The highest BCUT2D eigenvalue weighted by Gasteiger charge is 2.09. The van der Waals surface area contributed by atoms with Crippen LogP contribution in [0.4, 0.5) is 34.9 Å². The highest BCUT2D eigenvalue weighted by molar-refractivity contribution is 5.68. The Morgan fingerprint density at radius 3 is 0.861 bits per heavy atom. The fourth-order valence-corrected chi connectivity index (χ4v) is 3.45. The van der Waals surface area contributed by atoms with Gasteiger partial charge in [0.05, 0.1) is 0 Å². The van der Waals surface area contributed by atoms with Gasteiger partial charge in [-0.15, -0.1) is 0 Å².